The minimum atomic E-state index is 0.163. The first-order valence-corrected chi connectivity index (χ1v) is 5.90. The lowest BCUT2D eigenvalue weighted by Crippen LogP contribution is -2.10. The molecule has 1 aromatic heterocycles. The highest BCUT2D eigenvalue weighted by Gasteiger charge is 2.12. The lowest BCUT2D eigenvalue weighted by Gasteiger charge is -2.19. The van der Waals surface area contributed by atoms with Gasteiger partial charge < -0.3 is 11.1 Å². The second-order valence-corrected chi connectivity index (χ2v) is 5.29. The summed E-state index contributed by atoms with van der Waals surface area (Å²) in [5, 5.41) is 3.13. The van der Waals surface area contributed by atoms with Gasteiger partial charge in [-0.1, -0.05) is 32.9 Å². The molecule has 0 bridgehead atoms. The Morgan fingerprint density at radius 2 is 1.56 bits per heavy atom. The molecule has 2 rings (SSSR count). The van der Waals surface area contributed by atoms with E-state index in [1.807, 2.05) is 12.1 Å². The highest BCUT2D eigenvalue weighted by Crippen LogP contribution is 2.24. The van der Waals surface area contributed by atoms with Crippen molar-refractivity contribution in [2.24, 2.45) is 0 Å². The van der Waals surface area contributed by atoms with Crippen LogP contribution in [0.2, 0.25) is 0 Å². The van der Waals surface area contributed by atoms with E-state index < -0.39 is 0 Å². The van der Waals surface area contributed by atoms with E-state index in [1.165, 1.54) is 5.56 Å². The lowest BCUT2D eigenvalue weighted by atomic mass is 9.87. The average Bonchev–Trinajstić information content (AvgIpc) is 2.32. The van der Waals surface area contributed by atoms with Crippen molar-refractivity contribution in [3.05, 3.63) is 42.2 Å². The molecule has 0 amide bonds. The Morgan fingerprint density at radius 3 is 2.06 bits per heavy atom. The number of hydrogen-bond acceptors (Lipinski definition) is 4. The number of nitrogens with two attached hydrogens (primary N) is 1. The first-order valence-electron chi connectivity index (χ1n) is 5.90. The van der Waals surface area contributed by atoms with E-state index in [4.69, 9.17) is 5.73 Å². The van der Waals surface area contributed by atoms with Crippen LogP contribution in [0.25, 0.3) is 0 Å². The van der Waals surface area contributed by atoms with Crippen LogP contribution >= 0.6 is 0 Å². The van der Waals surface area contributed by atoms with Crippen LogP contribution in [0.3, 0.4) is 0 Å². The van der Waals surface area contributed by atoms with Gasteiger partial charge in [0.05, 0.1) is 18.1 Å². The fraction of sp³-hybridized carbons (Fsp3) is 0.286. The molecule has 0 atom stereocenters. The molecule has 0 aliphatic heterocycles. The zero-order valence-corrected chi connectivity index (χ0v) is 10.9. The van der Waals surface area contributed by atoms with Crippen LogP contribution in [0, 0.1) is 0 Å². The molecule has 0 unspecified atom stereocenters. The zero-order valence-electron chi connectivity index (χ0n) is 10.9. The van der Waals surface area contributed by atoms with Crippen LogP contribution in [0.15, 0.2) is 36.7 Å². The largest absolute Gasteiger partial charge is 0.396 e. The van der Waals surface area contributed by atoms with E-state index in [0.717, 1.165) is 5.69 Å². The summed E-state index contributed by atoms with van der Waals surface area (Å²) in [4.78, 5) is 8.20. The monoisotopic (exact) mass is 242 g/mol. The summed E-state index contributed by atoms with van der Waals surface area (Å²) in [6.07, 6.45) is 3.16. The maximum atomic E-state index is 5.54. The Labute approximate surface area is 107 Å². The number of aromatic nitrogens is 2. The molecule has 3 N–H and O–H groups in total. The first-order chi connectivity index (χ1) is 8.45. The Morgan fingerprint density at radius 1 is 1.00 bits per heavy atom. The number of rotatable bonds is 2. The van der Waals surface area contributed by atoms with Gasteiger partial charge in [0.25, 0.3) is 0 Å². The summed E-state index contributed by atoms with van der Waals surface area (Å²) in [6.45, 7) is 6.58. The summed E-state index contributed by atoms with van der Waals surface area (Å²) < 4.78 is 0. The number of hydrogen-bond donors (Lipinski definition) is 2. The van der Waals surface area contributed by atoms with Crippen molar-refractivity contribution in [1.29, 1.82) is 0 Å². The van der Waals surface area contributed by atoms with Crippen LogP contribution in [0.4, 0.5) is 17.3 Å². The van der Waals surface area contributed by atoms with E-state index in [9.17, 15) is 0 Å². The molecule has 1 heterocycles. The van der Waals surface area contributed by atoms with Crippen LogP contribution in [0.1, 0.15) is 26.3 Å². The average molecular weight is 242 g/mol. The van der Waals surface area contributed by atoms with E-state index in [2.05, 4.69) is 48.2 Å². The molecule has 0 fully saturated rings. The standard InChI is InChI=1S/C14H18N4/c1-14(2,3)10-4-6-12(7-5-10)18-13-16-8-11(15)9-17-13/h4-9H,15H2,1-3H3,(H,16,17,18). The summed E-state index contributed by atoms with van der Waals surface area (Å²) in [7, 11) is 0. The molecule has 0 spiro atoms. The van der Waals surface area contributed by atoms with Crippen molar-refractivity contribution in [3.8, 4) is 0 Å². The SMILES string of the molecule is CC(C)(C)c1ccc(Nc2ncc(N)cn2)cc1. The molecule has 94 valence electrons. The molecule has 0 aliphatic carbocycles. The molecule has 1 aromatic carbocycles. The number of anilines is 3. The third kappa shape index (κ3) is 2.97. The molecule has 18 heavy (non-hydrogen) atoms. The van der Waals surface area contributed by atoms with Crippen molar-refractivity contribution in [2.75, 3.05) is 11.1 Å². The van der Waals surface area contributed by atoms with Crippen LogP contribution < -0.4 is 11.1 Å². The molecule has 4 heteroatoms. The fourth-order valence-electron chi connectivity index (χ4n) is 1.59. The highest BCUT2D eigenvalue weighted by molar-refractivity contribution is 5.54. The second kappa shape index (κ2) is 4.64. The summed E-state index contributed by atoms with van der Waals surface area (Å²) in [5.74, 6) is 0.549. The Hall–Kier alpha value is -2.10. The number of benzene rings is 1. The van der Waals surface area contributed by atoms with Crippen LogP contribution in [-0.2, 0) is 5.41 Å². The van der Waals surface area contributed by atoms with Crippen LogP contribution in [0.5, 0.6) is 0 Å². The second-order valence-electron chi connectivity index (χ2n) is 5.29. The Balaban J connectivity index is 2.13. The van der Waals surface area contributed by atoms with E-state index in [-0.39, 0.29) is 5.41 Å². The summed E-state index contributed by atoms with van der Waals surface area (Å²) >= 11 is 0. The maximum absolute atomic E-state index is 5.54. The molecule has 0 saturated carbocycles. The number of nitrogen functional groups attached to an aromatic ring is 1. The normalized spacial score (nSPS) is 11.3. The van der Waals surface area contributed by atoms with Gasteiger partial charge >= 0.3 is 0 Å². The molecule has 4 nitrogen and oxygen atoms in total. The van der Waals surface area contributed by atoms with Gasteiger partial charge in [0, 0.05) is 5.69 Å². The minimum absolute atomic E-state index is 0.163. The lowest BCUT2D eigenvalue weighted by molar-refractivity contribution is 0.590. The first kappa shape index (κ1) is 12.4. The molecule has 0 saturated heterocycles. The van der Waals surface area contributed by atoms with E-state index >= 15 is 0 Å². The molecule has 2 aromatic rings. The number of nitrogens with one attached hydrogen (secondary N) is 1. The van der Waals surface area contributed by atoms with Gasteiger partial charge in [0.15, 0.2) is 0 Å². The Kier molecular flexibility index (Phi) is 3.19. The van der Waals surface area contributed by atoms with Gasteiger partial charge in [-0.3, -0.25) is 0 Å². The minimum Gasteiger partial charge on any atom is -0.396 e. The van der Waals surface area contributed by atoms with Gasteiger partial charge in [-0.2, -0.15) is 0 Å². The van der Waals surface area contributed by atoms with Gasteiger partial charge in [-0.05, 0) is 23.1 Å². The van der Waals surface area contributed by atoms with Gasteiger partial charge in [0.2, 0.25) is 5.95 Å². The predicted octanol–water partition coefficient (Wildman–Crippen LogP) is 3.10. The fourth-order valence-corrected chi connectivity index (χ4v) is 1.59. The predicted molar refractivity (Wildman–Crippen MR) is 74.9 cm³/mol. The maximum Gasteiger partial charge on any atom is 0.227 e. The summed E-state index contributed by atoms with van der Waals surface area (Å²) in [6, 6.07) is 8.28. The van der Waals surface area contributed by atoms with Crippen molar-refractivity contribution >= 4 is 17.3 Å². The van der Waals surface area contributed by atoms with Gasteiger partial charge in [-0.25, -0.2) is 9.97 Å². The molecule has 0 aliphatic rings. The Bertz CT molecular complexity index is 509. The van der Waals surface area contributed by atoms with Gasteiger partial charge in [-0.15, -0.1) is 0 Å². The van der Waals surface area contributed by atoms with Crippen molar-refractivity contribution < 1.29 is 0 Å². The summed E-state index contributed by atoms with van der Waals surface area (Å²) in [5.41, 5.74) is 8.52. The third-order valence-corrected chi connectivity index (χ3v) is 2.68. The van der Waals surface area contributed by atoms with Gasteiger partial charge in [0.1, 0.15) is 0 Å². The van der Waals surface area contributed by atoms with E-state index in [0.29, 0.717) is 11.6 Å². The highest BCUT2D eigenvalue weighted by atomic mass is 15.1. The molecular weight excluding hydrogens is 224 g/mol. The van der Waals surface area contributed by atoms with Crippen molar-refractivity contribution in [3.63, 3.8) is 0 Å². The van der Waals surface area contributed by atoms with E-state index in [1.54, 1.807) is 12.4 Å². The molecular formula is C14H18N4. The quantitative estimate of drug-likeness (QED) is 0.849. The zero-order chi connectivity index (χ0) is 13.2. The van der Waals surface area contributed by atoms with Crippen molar-refractivity contribution in [1.82, 2.24) is 9.97 Å². The third-order valence-electron chi connectivity index (χ3n) is 2.68. The molecule has 0 radical (unpaired) electrons. The van der Waals surface area contributed by atoms with Crippen molar-refractivity contribution in [2.45, 2.75) is 26.2 Å². The smallest absolute Gasteiger partial charge is 0.227 e. The topological polar surface area (TPSA) is 63.8 Å². The number of nitrogens with zero attached hydrogens (tertiary/aromatic N) is 2. The van der Waals surface area contributed by atoms with Crippen LogP contribution in [-0.4, -0.2) is 9.97 Å².